The van der Waals surface area contributed by atoms with E-state index in [0.717, 1.165) is 6.07 Å². The molecule has 0 aliphatic carbocycles. The third-order valence-corrected chi connectivity index (χ3v) is 3.81. The van der Waals surface area contributed by atoms with E-state index in [1.165, 1.54) is 10.6 Å². The molecule has 1 heterocycles. The molecule has 0 aliphatic heterocycles. The van der Waals surface area contributed by atoms with Gasteiger partial charge in [-0.25, -0.2) is 0 Å². The summed E-state index contributed by atoms with van der Waals surface area (Å²) in [4.78, 5) is 12.8. The molecular weight excluding hydrogens is 327 g/mol. The molecule has 0 bridgehead atoms. The monoisotopic (exact) mass is 347 g/mol. The van der Waals surface area contributed by atoms with E-state index in [2.05, 4.69) is 0 Å². The first-order valence-corrected chi connectivity index (χ1v) is 8.23. The summed E-state index contributed by atoms with van der Waals surface area (Å²) in [6, 6.07) is 14.2. The predicted octanol–water partition coefficient (Wildman–Crippen LogP) is 5.60. The first-order chi connectivity index (χ1) is 11.9. The highest BCUT2D eigenvalue weighted by Crippen LogP contribution is 2.33. The lowest BCUT2D eigenvalue weighted by atomic mass is 10.0. The molecule has 1 aromatic heterocycles. The van der Waals surface area contributed by atoms with Crippen LogP contribution in [0, 0.1) is 0 Å². The summed E-state index contributed by atoms with van der Waals surface area (Å²) in [6.07, 6.45) is -4.03. The minimum atomic E-state index is -4.57. The van der Waals surface area contributed by atoms with E-state index in [9.17, 15) is 18.0 Å². The van der Waals surface area contributed by atoms with Crippen LogP contribution < -0.4 is 5.56 Å². The molecule has 0 unspecified atom stereocenters. The lowest BCUT2D eigenvalue weighted by Gasteiger charge is -2.16. The van der Waals surface area contributed by atoms with Crippen LogP contribution in [0.4, 0.5) is 13.2 Å². The molecule has 2 aromatic carbocycles. The van der Waals surface area contributed by atoms with Gasteiger partial charge in [0.25, 0.3) is 5.56 Å². The number of alkyl halides is 3. The molecular formula is C20H20F3NO. The van der Waals surface area contributed by atoms with Crippen LogP contribution in [0.5, 0.6) is 0 Å². The van der Waals surface area contributed by atoms with Crippen molar-refractivity contribution in [2.75, 3.05) is 0 Å². The molecule has 3 aromatic rings. The Balaban J connectivity index is 0.00000109. The van der Waals surface area contributed by atoms with Crippen LogP contribution in [-0.2, 0) is 12.6 Å². The normalized spacial score (nSPS) is 11.1. The molecule has 3 rings (SSSR count). The average Bonchev–Trinajstić information content (AvgIpc) is 2.62. The zero-order valence-corrected chi connectivity index (χ0v) is 14.4. The smallest absolute Gasteiger partial charge is 0.281 e. The number of hydrogen-bond acceptors (Lipinski definition) is 1. The quantitative estimate of drug-likeness (QED) is 0.591. The Morgan fingerprint density at radius 1 is 0.960 bits per heavy atom. The third-order valence-electron chi connectivity index (χ3n) is 3.81. The Kier molecular flexibility index (Phi) is 5.67. The van der Waals surface area contributed by atoms with Gasteiger partial charge < -0.3 is 0 Å². The van der Waals surface area contributed by atoms with E-state index < -0.39 is 17.3 Å². The third kappa shape index (κ3) is 3.60. The summed E-state index contributed by atoms with van der Waals surface area (Å²) >= 11 is 0. The van der Waals surface area contributed by atoms with Gasteiger partial charge in [-0.05, 0) is 36.1 Å². The molecule has 0 radical (unpaired) electrons. The van der Waals surface area contributed by atoms with Gasteiger partial charge >= 0.3 is 6.18 Å². The Morgan fingerprint density at radius 3 is 2.16 bits per heavy atom. The number of rotatable bonds is 2. The van der Waals surface area contributed by atoms with Crippen molar-refractivity contribution in [1.82, 2.24) is 4.57 Å². The highest BCUT2D eigenvalue weighted by atomic mass is 19.4. The van der Waals surface area contributed by atoms with Gasteiger partial charge in [-0.1, -0.05) is 51.1 Å². The molecule has 0 N–H and O–H groups in total. The SMILES string of the molecule is CC.CCc1cc2cccc(C(F)(F)F)c2c(=O)n1-c1ccccc1. The summed E-state index contributed by atoms with van der Waals surface area (Å²) in [5, 5.41) is 0.0231. The van der Waals surface area contributed by atoms with E-state index in [4.69, 9.17) is 0 Å². The Bertz CT molecular complexity index is 912. The molecule has 132 valence electrons. The number of fused-ring (bicyclic) bond motifs is 1. The number of halogens is 3. The second-order valence-electron chi connectivity index (χ2n) is 5.23. The maximum absolute atomic E-state index is 13.3. The minimum Gasteiger partial charge on any atom is -0.281 e. The summed E-state index contributed by atoms with van der Waals surface area (Å²) in [5.41, 5.74) is -0.299. The molecule has 5 heteroatoms. The summed E-state index contributed by atoms with van der Waals surface area (Å²) in [5.74, 6) is 0. The van der Waals surface area contributed by atoms with Gasteiger partial charge in [0.2, 0.25) is 0 Å². The molecule has 0 aliphatic rings. The lowest BCUT2D eigenvalue weighted by Crippen LogP contribution is -2.24. The second-order valence-corrected chi connectivity index (χ2v) is 5.23. The van der Waals surface area contributed by atoms with Gasteiger partial charge in [0.15, 0.2) is 0 Å². The van der Waals surface area contributed by atoms with Crippen LogP contribution in [0.3, 0.4) is 0 Å². The molecule has 0 saturated heterocycles. The molecule has 0 atom stereocenters. The van der Waals surface area contributed by atoms with Gasteiger partial charge in [0.05, 0.1) is 10.9 Å². The number of aryl methyl sites for hydroxylation is 1. The van der Waals surface area contributed by atoms with E-state index in [1.807, 2.05) is 20.8 Å². The summed E-state index contributed by atoms with van der Waals surface area (Å²) in [6.45, 7) is 5.87. The van der Waals surface area contributed by atoms with Crippen molar-refractivity contribution in [3.05, 3.63) is 76.2 Å². The molecule has 25 heavy (non-hydrogen) atoms. The topological polar surface area (TPSA) is 22.0 Å². The van der Waals surface area contributed by atoms with Crippen LogP contribution in [0.15, 0.2) is 59.4 Å². The van der Waals surface area contributed by atoms with Crippen molar-refractivity contribution < 1.29 is 13.2 Å². The van der Waals surface area contributed by atoms with Gasteiger partial charge in [0.1, 0.15) is 0 Å². The Labute approximate surface area is 144 Å². The number of pyridine rings is 1. The van der Waals surface area contributed by atoms with Crippen LogP contribution in [0.2, 0.25) is 0 Å². The van der Waals surface area contributed by atoms with E-state index >= 15 is 0 Å². The molecule has 0 saturated carbocycles. The first kappa shape index (κ1) is 18.8. The maximum Gasteiger partial charge on any atom is 0.417 e. The molecule has 2 nitrogen and oxygen atoms in total. The van der Waals surface area contributed by atoms with Gasteiger partial charge in [-0.3, -0.25) is 9.36 Å². The van der Waals surface area contributed by atoms with Gasteiger partial charge in [-0.2, -0.15) is 13.2 Å². The maximum atomic E-state index is 13.3. The van der Waals surface area contributed by atoms with Crippen molar-refractivity contribution in [1.29, 1.82) is 0 Å². The minimum absolute atomic E-state index is 0.291. The first-order valence-electron chi connectivity index (χ1n) is 8.23. The zero-order chi connectivity index (χ0) is 18.6. The molecule has 0 amide bonds. The highest BCUT2D eigenvalue weighted by Gasteiger charge is 2.34. The number of aromatic nitrogens is 1. The van der Waals surface area contributed by atoms with Gasteiger partial charge in [0, 0.05) is 11.4 Å². The Morgan fingerprint density at radius 2 is 1.60 bits per heavy atom. The molecule has 0 fully saturated rings. The van der Waals surface area contributed by atoms with Crippen LogP contribution in [0.1, 0.15) is 32.0 Å². The van der Waals surface area contributed by atoms with Crippen molar-refractivity contribution in [2.45, 2.75) is 33.4 Å². The number of para-hydroxylation sites is 1. The fraction of sp³-hybridized carbons (Fsp3) is 0.250. The van der Waals surface area contributed by atoms with Crippen LogP contribution >= 0.6 is 0 Å². The van der Waals surface area contributed by atoms with Crippen molar-refractivity contribution >= 4 is 10.8 Å². The average molecular weight is 347 g/mol. The number of nitrogens with zero attached hydrogens (tertiary/aromatic N) is 1. The molecule has 0 spiro atoms. The highest BCUT2D eigenvalue weighted by molar-refractivity contribution is 5.86. The van der Waals surface area contributed by atoms with Crippen molar-refractivity contribution in [3.8, 4) is 5.69 Å². The van der Waals surface area contributed by atoms with Crippen LogP contribution in [0.25, 0.3) is 16.5 Å². The lowest BCUT2D eigenvalue weighted by molar-refractivity contribution is -0.136. The van der Waals surface area contributed by atoms with Crippen molar-refractivity contribution in [2.24, 2.45) is 0 Å². The van der Waals surface area contributed by atoms with Crippen LogP contribution in [-0.4, -0.2) is 4.57 Å². The van der Waals surface area contributed by atoms with E-state index in [0.29, 0.717) is 23.2 Å². The van der Waals surface area contributed by atoms with Gasteiger partial charge in [-0.15, -0.1) is 0 Å². The number of benzene rings is 2. The second kappa shape index (κ2) is 7.55. The largest absolute Gasteiger partial charge is 0.417 e. The fourth-order valence-electron chi connectivity index (χ4n) is 2.77. The fourth-order valence-corrected chi connectivity index (χ4v) is 2.77. The standard InChI is InChI=1S/C18H14F3NO.C2H6/c1-2-13-11-12-7-6-10-15(18(19,20)21)16(12)17(23)22(13)14-8-4-3-5-9-14;1-2/h3-11H,2H2,1H3;1-2H3. The zero-order valence-electron chi connectivity index (χ0n) is 14.4. The van der Waals surface area contributed by atoms with E-state index in [1.54, 1.807) is 42.5 Å². The van der Waals surface area contributed by atoms with E-state index in [-0.39, 0.29) is 5.39 Å². The summed E-state index contributed by atoms with van der Waals surface area (Å²) in [7, 11) is 0. The summed E-state index contributed by atoms with van der Waals surface area (Å²) < 4.78 is 41.2. The number of hydrogen-bond donors (Lipinski definition) is 0. The predicted molar refractivity (Wildman–Crippen MR) is 95.3 cm³/mol. The van der Waals surface area contributed by atoms with Crippen molar-refractivity contribution in [3.63, 3.8) is 0 Å². The Hall–Kier alpha value is -2.56.